The molecule has 0 saturated carbocycles. The van der Waals surface area contributed by atoms with Crippen molar-refractivity contribution in [2.75, 3.05) is 13.1 Å². The summed E-state index contributed by atoms with van der Waals surface area (Å²) in [6, 6.07) is 0. The largest absolute Gasteiger partial charge is 0.370 e. The smallest absolute Gasteiger partial charge is 0.0509 e. The zero-order valence-electron chi connectivity index (χ0n) is 10.5. The monoisotopic (exact) mass is 208 g/mol. The van der Waals surface area contributed by atoms with Crippen LogP contribution < -0.4 is 0 Å². The van der Waals surface area contributed by atoms with Crippen molar-refractivity contribution in [1.29, 1.82) is 5.41 Å². The van der Waals surface area contributed by atoms with Crippen LogP contribution in [-0.2, 0) is 0 Å². The molecule has 0 radical (unpaired) electrons. The highest BCUT2D eigenvalue weighted by atomic mass is 15.1. The molecule has 86 valence electrons. The molecule has 1 unspecified atom stereocenters. The third-order valence-electron chi connectivity index (χ3n) is 2.75. The molecule has 0 amide bonds. The van der Waals surface area contributed by atoms with Crippen LogP contribution >= 0.6 is 0 Å². The molecule has 1 fully saturated rings. The number of nitrogens with one attached hydrogen (secondary N) is 1. The number of hydrogen-bond donors (Lipinski definition) is 1. The topological polar surface area (TPSA) is 27.1 Å². The van der Waals surface area contributed by atoms with Crippen LogP contribution in [0.1, 0.15) is 40.5 Å². The molecular weight excluding hydrogens is 184 g/mol. The van der Waals surface area contributed by atoms with Crippen molar-refractivity contribution in [2.45, 2.75) is 40.5 Å². The lowest BCUT2D eigenvalue weighted by Gasteiger charge is -2.34. The summed E-state index contributed by atoms with van der Waals surface area (Å²) in [7, 11) is 0. The molecule has 2 nitrogen and oxygen atoms in total. The third-order valence-corrected chi connectivity index (χ3v) is 2.75. The van der Waals surface area contributed by atoms with Crippen LogP contribution in [0.15, 0.2) is 11.8 Å². The summed E-state index contributed by atoms with van der Waals surface area (Å²) < 4.78 is 0. The lowest BCUT2D eigenvalue weighted by molar-refractivity contribution is 0.236. The van der Waals surface area contributed by atoms with Gasteiger partial charge < -0.3 is 10.3 Å². The average molecular weight is 208 g/mol. The lowest BCUT2D eigenvalue weighted by atomic mass is 9.94. The Labute approximate surface area is 93.9 Å². The van der Waals surface area contributed by atoms with Gasteiger partial charge in [0.1, 0.15) is 0 Å². The second kappa shape index (κ2) is 4.82. The van der Waals surface area contributed by atoms with Crippen molar-refractivity contribution < 1.29 is 0 Å². The maximum atomic E-state index is 7.51. The van der Waals surface area contributed by atoms with Crippen molar-refractivity contribution in [3.8, 4) is 0 Å². The van der Waals surface area contributed by atoms with Crippen LogP contribution in [0.3, 0.4) is 0 Å². The first kappa shape index (κ1) is 12.3. The van der Waals surface area contributed by atoms with E-state index in [2.05, 4.69) is 38.7 Å². The summed E-state index contributed by atoms with van der Waals surface area (Å²) in [5.74, 6) is 0.766. The Balaban J connectivity index is 2.74. The average Bonchev–Trinajstić information content (AvgIpc) is 2.13. The van der Waals surface area contributed by atoms with Gasteiger partial charge in [0.15, 0.2) is 0 Å². The molecule has 1 atom stereocenters. The maximum Gasteiger partial charge on any atom is 0.0509 e. The summed E-state index contributed by atoms with van der Waals surface area (Å²) in [5, 5.41) is 7.51. The molecule has 1 aliphatic heterocycles. The molecule has 15 heavy (non-hydrogen) atoms. The summed E-state index contributed by atoms with van der Waals surface area (Å²) in [6.07, 6.45) is 6.30. The highest BCUT2D eigenvalue weighted by Gasteiger charge is 2.18. The first-order chi connectivity index (χ1) is 6.92. The van der Waals surface area contributed by atoms with E-state index in [0.717, 1.165) is 24.7 Å². The van der Waals surface area contributed by atoms with Gasteiger partial charge in [-0.1, -0.05) is 33.8 Å². The van der Waals surface area contributed by atoms with E-state index < -0.39 is 0 Å². The minimum Gasteiger partial charge on any atom is -0.370 e. The Hall–Kier alpha value is -0.790. The van der Waals surface area contributed by atoms with Gasteiger partial charge in [-0.25, -0.2) is 0 Å². The van der Waals surface area contributed by atoms with Crippen molar-refractivity contribution in [3.63, 3.8) is 0 Å². The molecule has 0 aromatic rings. The van der Waals surface area contributed by atoms with E-state index >= 15 is 0 Å². The summed E-state index contributed by atoms with van der Waals surface area (Å²) in [4.78, 5) is 2.35. The van der Waals surface area contributed by atoms with Crippen LogP contribution in [0.2, 0.25) is 0 Å². The van der Waals surface area contributed by atoms with Gasteiger partial charge >= 0.3 is 0 Å². The van der Waals surface area contributed by atoms with Crippen molar-refractivity contribution in [2.24, 2.45) is 11.3 Å². The van der Waals surface area contributed by atoms with Crippen LogP contribution in [0.5, 0.6) is 0 Å². The number of likely N-dealkylation sites (tertiary alicyclic amines) is 1. The Kier molecular flexibility index (Phi) is 3.95. The zero-order chi connectivity index (χ0) is 11.5. The molecule has 2 heteroatoms. The van der Waals surface area contributed by atoms with Crippen molar-refractivity contribution in [1.82, 2.24) is 4.90 Å². The predicted octanol–water partition coefficient (Wildman–Crippen LogP) is 3.30. The van der Waals surface area contributed by atoms with E-state index in [4.69, 9.17) is 5.41 Å². The fraction of sp³-hybridized carbons (Fsp3) is 0.769. The number of nitrogens with zero attached hydrogens (tertiary/aromatic N) is 1. The Morgan fingerprint density at radius 1 is 1.40 bits per heavy atom. The van der Waals surface area contributed by atoms with Crippen LogP contribution in [0.4, 0.5) is 0 Å². The quantitative estimate of drug-likeness (QED) is 0.693. The van der Waals surface area contributed by atoms with E-state index in [9.17, 15) is 0 Å². The minimum atomic E-state index is 0.160. The molecule has 1 N–H and O–H groups in total. The van der Waals surface area contributed by atoms with Gasteiger partial charge in [0.05, 0.1) is 5.70 Å². The van der Waals surface area contributed by atoms with E-state index in [1.54, 1.807) is 0 Å². The fourth-order valence-electron chi connectivity index (χ4n) is 2.09. The Morgan fingerprint density at radius 2 is 2.07 bits per heavy atom. The molecule has 0 aromatic carbocycles. The lowest BCUT2D eigenvalue weighted by Crippen LogP contribution is -2.34. The van der Waals surface area contributed by atoms with E-state index in [1.165, 1.54) is 19.1 Å². The number of hydrogen-bond acceptors (Lipinski definition) is 2. The minimum absolute atomic E-state index is 0.160. The first-order valence-electron chi connectivity index (χ1n) is 5.90. The summed E-state index contributed by atoms with van der Waals surface area (Å²) >= 11 is 0. The Bertz CT molecular complexity index is 248. The van der Waals surface area contributed by atoms with Crippen LogP contribution in [0, 0.1) is 16.7 Å². The fourth-order valence-corrected chi connectivity index (χ4v) is 2.09. The van der Waals surface area contributed by atoms with Gasteiger partial charge in [0, 0.05) is 19.3 Å². The van der Waals surface area contributed by atoms with E-state index in [-0.39, 0.29) is 5.41 Å². The molecule has 0 aliphatic carbocycles. The molecule has 0 bridgehead atoms. The highest BCUT2D eigenvalue weighted by Crippen LogP contribution is 2.23. The van der Waals surface area contributed by atoms with Crippen LogP contribution in [0.25, 0.3) is 0 Å². The van der Waals surface area contributed by atoms with Crippen molar-refractivity contribution in [3.05, 3.63) is 11.8 Å². The van der Waals surface area contributed by atoms with Gasteiger partial charge in [-0.15, -0.1) is 0 Å². The molecule has 1 saturated heterocycles. The summed E-state index contributed by atoms with van der Waals surface area (Å²) in [6.45, 7) is 11.1. The number of rotatable bonds is 2. The van der Waals surface area contributed by atoms with Gasteiger partial charge in [-0.3, -0.25) is 0 Å². The molecule has 1 aliphatic rings. The van der Waals surface area contributed by atoms with Gasteiger partial charge in [-0.2, -0.15) is 0 Å². The number of allylic oxidation sites excluding steroid dienone is 2. The Morgan fingerprint density at radius 3 is 2.53 bits per heavy atom. The second-order valence-electron chi connectivity index (χ2n) is 5.77. The third kappa shape index (κ3) is 4.06. The van der Waals surface area contributed by atoms with Crippen molar-refractivity contribution >= 4 is 6.21 Å². The molecular formula is C13H24N2. The molecule has 0 aromatic heterocycles. The predicted molar refractivity (Wildman–Crippen MR) is 66.3 cm³/mol. The molecule has 0 spiro atoms. The SMILES string of the molecule is CC1CCCN(/C(C=N)=C/C(C)(C)C)C1. The second-order valence-corrected chi connectivity index (χ2v) is 5.77. The highest BCUT2D eigenvalue weighted by molar-refractivity contribution is 5.75. The molecule has 1 rings (SSSR count). The first-order valence-corrected chi connectivity index (χ1v) is 5.90. The standard InChI is InChI=1S/C13H24N2/c1-11-6-5-7-15(10-11)12(9-14)8-13(2,3)4/h8-9,11,14H,5-7,10H2,1-4H3/b12-8+,14-9?. The zero-order valence-corrected chi connectivity index (χ0v) is 10.5. The summed E-state index contributed by atoms with van der Waals surface area (Å²) in [5.41, 5.74) is 1.25. The normalized spacial score (nSPS) is 24.1. The van der Waals surface area contributed by atoms with Crippen LogP contribution in [-0.4, -0.2) is 24.2 Å². The van der Waals surface area contributed by atoms with Gasteiger partial charge in [-0.05, 0) is 24.2 Å². The van der Waals surface area contributed by atoms with Gasteiger partial charge in [0.25, 0.3) is 0 Å². The van der Waals surface area contributed by atoms with E-state index in [0.29, 0.717) is 0 Å². The molecule has 1 heterocycles. The van der Waals surface area contributed by atoms with E-state index in [1.807, 2.05) is 0 Å². The maximum absolute atomic E-state index is 7.51. The number of piperidine rings is 1. The van der Waals surface area contributed by atoms with Gasteiger partial charge in [0.2, 0.25) is 0 Å².